The summed E-state index contributed by atoms with van der Waals surface area (Å²) in [6.07, 6.45) is 9.57. The molecule has 228 valence electrons. The van der Waals surface area contributed by atoms with Crippen molar-refractivity contribution >= 4 is 17.3 Å². The van der Waals surface area contributed by atoms with Gasteiger partial charge < -0.3 is 35.1 Å². The van der Waals surface area contributed by atoms with Crippen LogP contribution in [-0.2, 0) is 32.2 Å². The Morgan fingerprint density at radius 1 is 1.19 bits per heavy atom. The van der Waals surface area contributed by atoms with Crippen LogP contribution in [0.25, 0.3) is 0 Å². The lowest BCUT2D eigenvalue weighted by Gasteiger charge is -2.59. The van der Waals surface area contributed by atoms with E-state index < -0.39 is 47.3 Å². The molecule has 9 nitrogen and oxygen atoms in total. The molecule has 1 aromatic carbocycles. The molecule has 5 aliphatic rings. The molecule has 2 aromatic rings. The molecule has 5 N–H and O–H groups in total. The zero-order valence-electron chi connectivity index (χ0n) is 24.6. The third kappa shape index (κ3) is 4.02. The average Bonchev–Trinajstić information content (AvgIpc) is 3.66. The predicted molar refractivity (Wildman–Crippen MR) is 157 cm³/mol. The Hall–Kier alpha value is -3.08. The van der Waals surface area contributed by atoms with Crippen molar-refractivity contribution in [1.29, 1.82) is 0 Å². The van der Waals surface area contributed by atoms with Crippen LogP contribution in [-0.4, -0.2) is 55.9 Å². The van der Waals surface area contributed by atoms with Gasteiger partial charge in [0.1, 0.15) is 6.61 Å². The molecule has 9 atom stereocenters. The molecule has 0 unspecified atom stereocenters. The maximum absolute atomic E-state index is 13.8. The first-order valence-corrected chi connectivity index (χ1v) is 15.3. The summed E-state index contributed by atoms with van der Waals surface area (Å²) in [6.45, 7) is 3.88. The van der Waals surface area contributed by atoms with Gasteiger partial charge in [-0.1, -0.05) is 31.6 Å². The van der Waals surface area contributed by atoms with Crippen molar-refractivity contribution in [3.05, 3.63) is 77.2 Å². The Morgan fingerprint density at radius 2 is 2.00 bits per heavy atom. The fraction of sp³-hybridized carbons (Fsp3) is 0.529. The van der Waals surface area contributed by atoms with Gasteiger partial charge in [0.25, 0.3) is 0 Å². The Kier molecular flexibility index (Phi) is 6.65. The molecule has 0 spiro atoms. The largest absolute Gasteiger partial charge is 0.399 e. The van der Waals surface area contributed by atoms with Crippen molar-refractivity contribution in [2.24, 2.45) is 28.6 Å². The number of carbonyl (C=O) groups is 2. The SMILES string of the molecule is C[C@]12C=CC(=O)C=C1CC[C@@H]1[C@@H]2[C@@H](O)C[C@@]2(C)[C@H]1C[C@H]1O[C@@H](c3ccn(Cc4ccc(N)cc4CO)c3)O[C@]12C(=O)CO. The van der Waals surface area contributed by atoms with Crippen LogP contribution in [0.3, 0.4) is 0 Å². The van der Waals surface area contributed by atoms with Crippen molar-refractivity contribution in [2.75, 3.05) is 12.3 Å². The highest BCUT2D eigenvalue weighted by molar-refractivity contribution is 6.01. The highest BCUT2D eigenvalue weighted by Crippen LogP contribution is 2.70. The van der Waals surface area contributed by atoms with E-state index in [-0.39, 0.29) is 30.1 Å². The van der Waals surface area contributed by atoms with Gasteiger partial charge in [0, 0.05) is 46.9 Å². The van der Waals surface area contributed by atoms with Gasteiger partial charge in [0.15, 0.2) is 23.5 Å². The molecule has 0 bridgehead atoms. The summed E-state index contributed by atoms with van der Waals surface area (Å²) >= 11 is 0. The topological polar surface area (TPSA) is 144 Å². The van der Waals surface area contributed by atoms with E-state index >= 15 is 0 Å². The van der Waals surface area contributed by atoms with Crippen LogP contribution < -0.4 is 5.73 Å². The number of Topliss-reactive ketones (excluding diaryl/α,β-unsaturated/α-hetero) is 1. The number of aliphatic hydroxyl groups is 3. The Bertz CT molecular complexity index is 1540. The van der Waals surface area contributed by atoms with Crippen molar-refractivity contribution in [3.8, 4) is 0 Å². The zero-order chi connectivity index (χ0) is 30.3. The van der Waals surface area contributed by atoms with Gasteiger partial charge in [-0.05, 0) is 79.0 Å². The molecule has 1 aromatic heterocycles. The van der Waals surface area contributed by atoms with E-state index in [9.17, 15) is 24.9 Å². The number of ketones is 2. The van der Waals surface area contributed by atoms with Gasteiger partial charge in [-0.15, -0.1) is 0 Å². The van der Waals surface area contributed by atoms with Gasteiger partial charge in [-0.3, -0.25) is 9.59 Å². The summed E-state index contributed by atoms with van der Waals surface area (Å²) in [5.74, 6) is -0.353. The maximum atomic E-state index is 13.8. The third-order valence-electron chi connectivity index (χ3n) is 11.6. The minimum absolute atomic E-state index is 0.00654. The Morgan fingerprint density at radius 3 is 2.77 bits per heavy atom. The summed E-state index contributed by atoms with van der Waals surface area (Å²) in [4.78, 5) is 25.9. The first kappa shape index (κ1) is 28.7. The van der Waals surface area contributed by atoms with Crippen molar-refractivity contribution in [3.63, 3.8) is 0 Å². The zero-order valence-corrected chi connectivity index (χ0v) is 24.6. The molecule has 2 heterocycles. The quantitative estimate of drug-likeness (QED) is 0.377. The molecule has 3 saturated carbocycles. The first-order chi connectivity index (χ1) is 20.5. The van der Waals surface area contributed by atoms with Crippen molar-refractivity contribution in [2.45, 2.75) is 76.8 Å². The molecular weight excluding hydrogens is 548 g/mol. The number of ether oxygens (including phenoxy) is 2. The minimum atomic E-state index is -1.39. The number of hydrogen-bond donors (Lipinski definition) is 4. The van der Waals surface area contributed by atoms with E-state index in [1.807, 2.05) is 48.2 Å². The number of carbonyl (C=O) groups excluding carboxylic acids is 2. The van der Waals surface area contributed by atoms with Crippen LogP contribution in [0.4, 0.5) is 5.69 Å². The number of allylic oxidation sites excluding steroid dienone is 4. The molecule has 4 fully saturated rings. The first-order valence-electron chi connectivity index (χ1n) is 15.3. The minimum Gasteiger partial charge on any atom is -0.399 e. The van der Waals surface area contributed by atoms with Crippen LogP contribution in [0.15, 0.2) is 60.5 Å². The highest BCUT2D eigenvalue weighted by Gasteiger charge is 2.75. The summed E-state index contributed by atoms with van der Waals surface area (Å²) in [6, 6.07) is 7.37. The van der Waals surface area contributed by atoms with E-state index in [2.05, 4.69) is 6.92 Å². The lowest BCUT2D eigenvalue weighted by atomic mass is 9.46. The molecule has 7 rings (SSSR count). The predicted octanol–water partition coefficient (Wildman–Crippen LogP) is 3.21. The van der Waals surface area contributed by atoms with Crippen molar-refractivity contribution in [1.82, 2.24) is 4.57 Å². The van der Waals surface area contributed by atoms with E-state index in [0.717, 1.165) is 35.1 Å². The van der Waals surface area contributed by atoms with Gasteiger partial charge >= 0.3 is 0 Å². The molecule has 4 aliphatic carbocycles. The average molecular weight is 589 g/mol. The Labute approximate surface area is 251 Å². The lowest BCUT2D eigenvalue weighted by Crippen LogP contribution is -2.63. The molecular formula is C34H40N2O7. The standard InChI is InChI=1S/C34H40N2O7/c1-32-9-7-24(39)12-22(32)4-6-25-26-13-29-34(28(41)18-38,33(26,2)14-27(40)30(25)32)43-31(42-29)20-8-10-36(16-20)15-19-3-5-23(35)11-21(19)17-37/h3,5,7-12,16,25-27,29-31,37-38,40H,4,6,13-15,17-18,35H2,1-2H3/t25-,26-,27-,29+,30+,31+,32-,33-,34+/m0/s1. The number of nitrogens with two attached hydrogens (primary N) is 1. The maximum Gasteiger partial charge on any atom is 0.193 e. The van der Waals surface area contributed by atoms with E-state index in [1.165, 1.54) is 0 Å². The lowest BCUT2D eigenvalue weighted by molar-refractivity contribution is -0.201. The smallest absolute Gasteiger partial charge is 0.193 e. The van der Waals surface area contributed by atoms with Crippen LogP contribution >= 0.6 is 0 Å². The molecule has 43 heavy (non-hydrogen) atoms. The number of nitrogens with zero attached hydrogens (tertiary/aromatic N) is 1. The summed E-state index contributed by atoms with van der Waals surface area (Å²) < 4.78 is 15.2. The van der Waals surface area contributed by atoms with Crippen LogP contribution in [0.5, 0.6) is 0 Å². The number of rotatable bonds is 6. The molecule has 0 amide bonds. The summed E-state index contributed by atoms with van der Waals surface area (Å²) in [5, 5.41) is 31.8. The van der Waals surface area contributed by atoms with Crippen LogP contribution in [0.2, 0.25) is 0 Å². The fourth-order valence-corrected chi connectivity index (χ4v) is 9.68. The van der Waals surface area contributed by atoms with Gasteiger partial charge in [-0.2, -0.15) is 0 Å². The number of fused-ring (bicyclic) bond motifs is 7. The van der Waals surface area contributed by atoms with E-state index in [1.54, 1.807) is 18.2 Å². The third-order valence-corrected chi connectivity index (χ3v) is 11.6. The summed E-state index contributed by atoms with van der Waals surface area (Å²) in [5.41, 5.74) is 7.45. The molecule has 1 aliphatic heterocycles. The van der Waals surface area contributed by atoms with Gasteiger partial charge in [0.05, 0.1) is 18.8 Å². The second-order valence-corrected chi connectivity index (χ2v) is 13.6. The molecule has 1 saturated heterocycles. The number of anilines is 1. The number of aliphatic hydroxyl groups excluding tert-OH is 3. The fourth-order valence-electron chi connectivity index (χ4n) is 9.68. The highest BCUT2D eigenvalue weighted by atomic mass is 16.7. The van der Waals surface area contributed by atoms with Crippen LogP contribution in [0.1, 0.15) is 62.5 Å². The van der Waals surface area contributed by atoms with Crippen molar-refractivity contribution < 1.29 is 34.4 Å². The number of benzene rings is 1. The number of nitrogen functional groups attached to an aromatic ring is 1. The number of hydrogen-bond acceptors (Lipinski definition) is 8. The Balaban J connectivity index is 1.18. The molecule has 9 heteroatoms. The molecule has 0 radical (unpaired) electrons. The second kappa shape index (κ2) is 9.97. The van der Waals surface area contributed by atoms with Crippen LogP contribution in [0, 0.1) is 28.6 Å². The summed E-state index contributed by atoms with van der Waals surface area (Å²) in [7, 11) is 0. The van der Waals surface area contributed by atoms with E-state index in [4.69, 9.17) is 15.2 Å². The number of aromatic nitrogens is 1. The second-order valence-electron chi connectivity index (χ2n) is 13.6. The van der Waals surface area contributed by atoms with Gasteiger partial charge in [0.2, 0.25) is 0 Å². The van der Waals surface area contributed by atoms with Gasteiger partial charge in [-0.25, -0.2) is 0 Å². The monoisotopic (exact) mass is 588 g/mol. The van der Waals surface area contributed by atoms with E-state index in [0.29, 0.717) is 25.1 Å². The normalized spacial score (nSPS) is 39.6.